The second-order valence-electron chi connectivity index (χ2n) is 4.72. The minimum absolute atomic E-state index is 0.200. The molecule has 2 aromatic rings. The molecule has 1 heterocycles. The molecule has 19 heavy (non-hydrogen) atoms. The Labute approximate surface area is 113 Å². The first kappa shape index (κ1) is 13.7. The van der Waals surface area contributed by atoms with Crippen molar-refractivity contribution in [1.29, 1.82) is 0 Å². The molecule has 2 N–H and O–H groups in total. The zero-order valence-corrected chi connectivity index (χ0v) is 11.7. The third-order valence-corrected chi connectivity index (χ3v) is 3.38. The molecule has 0 saturated carbocycles. The Balaban J connectivity index is 2.39. The van der Waals surface area contributed by atoms with Gasteiger partial charge in [0.25, 0.3) is 0 Å². The van der Waals surface area contributed by atoms with Crippen LogP contribution in [-0.2, 0) is 13.0 Å². The van der Waals surface area contributed by atoms with Crippen molar-refractivity contribution in [3.63, 3.8) is 0 Å². The molecule has 1 aromatic heterocycles. The summed E-state index contributed by atoms with van der Waals surface area (Å²) >= 11 is 0. The van der Waals surface area contributed by atoms with Gasteiger partial charge in [0.2, 0.25) is 0 Å². The number of aryl methyl sites for hydroxylation is 3. The van der Waals surface area contributed by atoms with E-state index < -0.39 is 0 Å². The Bertz CT molecular complexity index is 575. The Kier molecular flexibility index (Phi) is 4.00. The number of aromatic nitrogens is 2. The first-order valence-electron chi connectivity index (χ1n) is 6.65. The summed E-state index contributed by atoms with van der Waals surface area (Å²) in [6.45, 7) is 6.64. The van der Waals surface area contributed by atoms with Crippen molar-refractivity contribution in [1.82, 2.24) is 9.78 Å². The molecule has 0 amide bonds. The molecule has 0 bridgehead atoms. The highest BCUT2D eigenvalue weighted by Crippen LogP contribution is 2.22. The lowest BCUT2D eigenvalue weighted by atomic mass is 10.0. The van der Waals surface area contributed by atoms with Gasteiger partial charge in [-0.25, -0.2) is 4.39 Å². The average Bonchev–Trinajstić information content (AvgIpc) is 2.84. The minimum Gasteiger partial charge on any atom is -0.319 e. The second-order valence-corrected chi connectivity index (χ2v) is 4.72. The van der Waals surface area contributed by atoms with Crippen LogP contribution in [0.25, 0.3) is 0 Å². The lowest BCUT2D eigenvalue weighted by molar-refractivity contribution is 0.592. The van der Waals surface area contributed by atoms with E-state index >= 15 is 0 Å². The van der Waals surface area contributed by atoms with Crippen molar-refractivity contribution in [3.05, 3.63) is 52.6 Å². The van der Waals surface area contributed by atoms with Crippen molar-refractivity contribution in [2.75, 3.05) is 0 Å². The summed E-state index contributed by atoms with van der Waals surface area (Å²) in [6, 6.07) is 6.78. The normalized spacial score (nSPS) is 12.7. The van der Waals surface area contributed by atoms with Gasteiger partial charge in [0, 0.05) is 6.54 Å². The van der Waals surface area contributed by atoms with E-state index in [1.54, 1.807) is 19.1 Å². The Hall–Kier alpha value is -1.68. The topological polar surface area (TPSA) is 43.8 Å². The zero-order valence-electron chi connectivity index (χ0n) is 11.7. The van der Waals surface area contributed by atoms with Gasteiger partial charge in [-0.05, 0) is 43.5 Å². The van der Waals surface area contributed by atoms with Gasteiger partial charge in [0.15, 0.2) is 0 Å². The predicted molar refractivity (Wildman–Crippen MR) is 74.4 cm³/mol. The van der Waals surface area contributed by atoms with Gasteiger partial charge >= 0.3 is 0 Å². The van der Waals surface area contributed by atoms with Gasteiger partial charge in [0.1, 0.15) is 5.82 Å². The van der Waals surface area contributed by atoms with E-state index in [2.05, 4.69) is 12.0 Å². The SMILES string of the molecule is CCc1cc(C(N)c2ccc(F)c(C)c2)n(CC)n1. The monoisotopic (exact) mass is 261 g/mol. The van der Waals surface area contributed by atoms with Crippen molar-refractivity contribution in [2.24, 2.45) is 5.73 Å². The summed E-state index contributed by atoms with van der Waals surface area (Å²) in [7, 11) is 0. The molecule has 4 heteroatoms. The van der Waals surface area contributed by atoms with Crippen LogP contribution < -0.4 is 5.73 Å². The fraction of sp³-hybridized carbons (Fsp3) is 0.400. The number of nitrogens with two attached hydrogens (primary N) is 1. The standard InChI is InChI=1S/C15H20FN3/c1-4-12-9-14(19(5-2)18-12)15(17)11-6-7-13(16)10(3)8-11/h6-9,15H,4-5,17H2,1-3H3. The van der Waals surface area contributed by atoms with Crippen LogP contribution in [0.3, 0.4) is 0 Å². The van der Waals surface area contributed by atoms with Crippen LogP contribution in [0.4, 0.5) is 4.39 Å². The first-order chi connectivity index (χ1) is 9.06. The lowest BCUT2D eigenvalue weighted by Crippen LogP contribution is -2.17. The third kappa shape index (κ3) is 2.68. The summed E-state index contributed by atoms with van der Waals surface area (Å²) in [5, 5.41) is 4.50. The maximum atomic E-state index is 13.3. The number of rotatable bonds is 4. The van der Waals surface area contributed by atoms with Crippen molar-refractivity contribution in [2.45, 2.75) is 39.8 Å². The second kappa shape index (κ2) is 5.53. The molecule has 0 spiro atoms. The summed E-state index contributed by atoms with van der Waals surface area (Å²) < 4.78 is 15.2. The van der Waals surface area contributed by atoms with E-state index in [-0.39, 0.29) is 11.9 Å². The average molecular weight is 261 g/mol. The van der Waals surface area contributed by atoms with Crippen LogP contribution in [0.1, 0.15) is 42.4 Å². The summed E-state index contributed by atoms with van der Waals surface area (Å²) in [6.07, 6.45) is 0.884. The highest BCUT2D eigenvalue weighted by molar-refractivity contribution is 5.32. The molecule has 1 unspecified atom stereocenters. The maximum absolute atomic E-state index is 13.3. The summed E-state index contributed by atoms with van der Waals surface area (Å²) in [4.78, 5) is 0. The smallest absolute Gasteiger partial charge is 0.126 e. The van der Waals surface area contributed by atoms with Gasteiger partial charge in [-0.1, -0.05) is 19.1 Å². The largest absolute Gasteiger partial charge is 0.319 e. The van der Waals surface area contributed by atoms with Crippen LogP contribution in [0.5, 0.6) is 0 Å². The molecular formula is C15H20FN3. The number of nitrogens with zero attached hydrogens (tertiary/aromatic N) is 2. The summed E-state index contributed by atoms with van der Waals surface area (Å²) in [5.74, 6) is -0.200. The molecule has 0 aliphatic heterocycles. The van der Waals surface area contributed by atoms with E-state index in [4.69, 9.17) is 5.73 Å². The molecule has 2 rings (SSSR count). The molecule has 0 aliphatic carbocycles. The lowest BCUT2D eigenvalue weighted by Gasteiger charge is -2.14. The van der Waals surface area contributed by atoms with E-state index in [1.807, 2.05) is 17.7 Å². The van der Waals surface area contributed by atoms with Gasteiger partial charge in [-0.15, -0.1) is 0 Å². The van der Waals surface area contributed by atoms with Crippen LogP contribution in [0, 0.1) is 12.7 Å². The zero-order chi connectivity index (χ0) is 14.0. The summed E-state index contributed by atoms with van der Waals surface area (Å²) in [5.41, 5.74) is 9.84. The number of halogens is 1. The van der Waals surface area contributed by atoms with Gasteiger partial charge in [0.05, 0.1) is 17.4 Å². The third-order valence-electron chi connectivity index (χ3n) is 3.38. The molecule has 1 aromatic carbocycles. The van der Waals surface area contributed by atoms with Crippen molar-refractivity contribution in [3.8, 4) is 0 Å². The van der Waals surface area contributed by atoms with Crippen LogP contribution in [-0.4, -0.2) is 9.78 Å². The fourth-order valence-electron chi connectivity index (χ4n) is 2.20. The Morgan fingerprint density at radius 2 is 2.05 bits per heavy atom. The van der Waals surface area contributed by atoms with Crippen LogP contribution in [0.15, 0.2) is 24.3 Å². The van der Waals surface area contributed by atoms with Crippen LogP contribution in [0.2, 0.25) is 0 Å². The van der Waals surface area contributed by atoms with Gasteiger partial charge < -0.3 is 5.73 Å². The quantitative estimate of drug-likeness (QED) is 0.919. The highest BCUT2D eigenvalue weighted by atomic mass is 19.1. The first-order valence-corrected chi connectivity index (χ1v) is 6.65. The molecule has 0 fully saturated rings. The number of hydrogen-bond donors (Lipinski definition) is 1. The Morgan fingerprint density at radius 1 is 1.32 bits per heavy atom. The Morgan fingerprint density at radius 3 is 2.63 bits per heavy atom. The molecule has 102 valence electrons. The van der Waals surface area contributed by atoms with Crippen molar-refractivity contribution < 1.29 is 4.39 Å². The molecule has 1 atom stereocenters. The number of benzene rings is 1. The van der Waals surface area contributed by atoms with E-state index in [1.165, 1.54) is 6.07 Å². The molecule has 0 saturated heterocycles. The molecule has 3 nitrogen and oxygen atoms in total. The van der Waals surface area contributed by atoms with E-state index in [0.717, 1.165) is 29.9 Å². The molecule has 0 aliphatic rings. The molecular weight excluding hydrogens is 241 g/mol. The van der Waals surface area contributed by atoms with Crippen molar-refractivity contribution >= 4 is 0 Å². The minimum atomic E-state index is -0.271. The highest BCUT2D eigenvalue weighted by Gasteiger charge is 2.16. The van der Waals surface area contributed by atoms with E-state index in [9.17, 15) is 4.39 Å². The van der Waals surface area contributed by atoms with E-state index in [0.29, 0.717) is 5.56 Å². The molecule has 0 radical (unpaired) electrons. The van der Waals surface area contributed by atoms with Crippen LogP contribution >= 0.6 is 0 Å². The maximum Gasteiger partial charge on any atom is 0.126 e. The number of hydrogen-bond acceptors (Lipinski definition) is 2. The van der Waals surface area contributed by atoms with Gasteiger partial charge in [-0.3, -0.25) is 4.68 Å². The van der Waals surface area contributed by atoms with Gasteiger partial charge in [-0.2, -0.15) is 5.10 Å². The fourth-order valence-corrected chi connectivity index (χ4v) is 2.20. The predicted octanol–water partition coefficient (Wildman–Crippen LogP) is 2.96.